The van der Waals surface area contributed by atoms with Crippen LogP contribution >= 0.6 is 0 Å². The highest BCUT2D eigenvalue weighted by Gasteiger charge is 2.09. The highest BCUT2D eigenvalue weighted by atomic mass is 19.1. The van der Waals surface area contributed by atoms with Gasteiger partial charge in [-0.05, 0) is 36.8 Å². The summed E-state index contributed by atoms with van der Waals surface area (Å²) < 4.78 is 23.5. The number of hydrogen-bond acceptors (Lipinski definition) is 3. The summed E-state index contributed by atoms with van der Waals surface area (Å²) in [6.45, 7) is 1.93. The number of ether oxygens (including phenoxy) is 2. The van der Waals surface area contributed by atoms with Crippen LogP contribution in [0.3, 0.4) is 0 Å². The van der Waals surface area contributed by atoms with Crippen LogP contribution in [0.5, 0.6) is 23.0 Å². The molecule has 0 aliphatic carbocycles. The first-order chi connectivity index (χ1) is 8.60. The van der Waals surface area contributed by atoms with Crippen LogP contribution < -0.4 is 9.47 Å². The van der Waals surface area contributed by atoms with Gasteiger partial charge in [-0.3, -0.25) is 0 Å². The van der Waals surface area contributed by atoms with E-state index in [0.717, 1.165) is 11.6 Å². The van der Waals surface area contributed by atoms with E-state index in [9.17, 15) is 9.50 Å². The summed E-state index contributed by atoms with van der Waals surface area (Å²) in [6, 6.07) is 8.99. The molecule has 0 bridgehead atoms. The van der Waals surface area contributed by atoms with Crippen molar-refractivity contribution in [3.8, 4) is 23.0 Å². The molecule has 0 atom stereocenters. The van der Waals surface area contributed by atoms with Crippen molar-refractivity contribution in [3.05, 3.63) is 47.8 Å². The fraction of sp³-hybridized carbons (Fsp3) is 0.143. The lowest BCUT2D eigenvalue weighted by atomic mass is 10.2. The maximum absolute atomic E-state index is 12.8. The number of phenolic OH excluding ortho intramolecular Hbond substituents is 1. The Balaban J connectivity index is 2.33. The van der Waals surface area contributed by atoms with E-state index in [1.165, 1.54) is 19.2 Å². The maximum atomic E-state index is 12.8. The van der Waals surface area contributed by atoms with Gasteiger partial charge in [0, 0.05) is 6.07 Å². The topological polar surface area (TPSA) is 38.7 Å². The average Bonchev–Trinajstić information content (AvgIpc) is 2.34. The van der Waals surface area contributed by atoms with Gasteiger partial charge in [-0.15, -0.1) is 0 Å². The number of hydrogen-bond donors (Lipinski definition) is 1. The predicted octanol–water partition coefficient (Wildman–Crippen LogP) is 3.64. The summed E-state index contributed by atoms with van der Waals surface area (Å²) in [5.41, 5.74) is 1.03. The lowest BCUT2D eigenvalue weighted by Crippen LogP contribution is -1.91. The monoisotopic (exact) mass is 248 g/mol. The van der Waals surface area contributed by atoms with Crippen molar-refractivity contribution < 1.29 is 19.0 Å². The van der Waals surface area contributed by atoms with E-state index in [-0.39, 0.29) is 11.5 Å². The van der Waals surface area contributed by atoms with Crippen molar-refractivity contribution >= 4 is 0 Å². The molecule has 94 valence electrons. The molecule has 0 aliphatic heterocycles. The van der Waals surface area contributed by atoms with Crippen molar-refractivity contribution in [2.45, 2.75) is 6.92 Å². The fourth-order valence-corrected chi connectivity index (χ4v) is 1.55. The molecule has 2 rings (SSSR count). The van der Waals surface area contributed by atoms with Gasteiger partial charge in [-0.2, -0.15) is 0 Å². The lowest BCUT2D eigenvalue weighted by Gasteiger charge is -2.11. The number of phenols is 1. The van der Waals surface area contributed by atoms with Gasteiger partial charge in [-0.25, -0.2) is 4.39 Å². The molecule has 0 saturated carbocycles. The summed E-state index contributed by atoms with van der Waals surface area (Å²) in [7, 11) is 1.53. The van der Waals surface area contributed by atoms with E-state index in [4.69, 9.17) is 9.47 Å². The second-order valence-electron chi connectivity index (χ2n) is 3.87. The molecule has 0 radical (unpaired) electrons. The highest BCUT2D eigenvalue weighted by Crippen LogP contribution is 2.36. The zero-order valence-corrected chi connectivity index (χ0v) is 10.1. The lowest BCUT2D eigenvalue weighted by molar-refractivity contribution is 0.365. The molecule has 0 unspecified atom stereocenters. The quantitative estimate of drug-likeness (QED) is 0.901. The Kier molecular flexibility index (Phi) is 3.37. The van der Waals surface area contributed by atoms with E-state index in [1.807, 2.05) is 19.1 Å². The Morgan fingerprint density at radius 3 is 2.39 bits per heavy atom. The predicted molar refractivity (Wildman–Crippen MR) is 65.9 cm³/mol. The van der Waals surface area contributed by atoms with Crippen molar-refractivity contribution in [2.24, 2.45) is 0 Å². The number of rotatable bonds is 3. The van der Waals surface area contributed by atoms with E-state index in [2.05, 4.69) is 0 Å². The largest absolute Gasteiger partial charge is 0.504 e. The number of aryl methyl sites for hydroxylation is 1. The average molecular weight is 248 g/mol. The molecule has 0 spiro atoms. The van der Waals surface area contributed by atoms with Gasteiger partial charge in [0.1, 0.15) is 5.82 Å². The third-order valence-corrected chi connectivity index (χ3v) is 2.46. The molecule has 0 fully saturated rings. The van der Waals surface area contributed by atoms with Crippen LogP contribution in [0, 0.1) is 12.7 Å². The third-order valence-electron chi connectivity index (χ3n) is 2.46. The summed E-state index contributed by atoms with van der Waals surface area (Å²) in [5, 5.41) is 9.57. The highest BCUT2D eigenvalue weighted by molar-refractivity contribution is 5.48. The molecule has 0 aliphatic rings. The second kappa shape index (κ2) is 4.96. The molecule has 0 saturated heterocycles. The molecule has 4 heteroatoms. The van der Waals surface area contributed by atoms with E-state index in [1.54, 1.807) is 6.07 Å². The first-order valence-electron chi connectivity index (χ1n) is 5.41. The molecule has 18 heavy (non-hydrogen) atoms. The molecular weight excluding hydrogens is 235 g/mol. The molecular formula is C14H13FO3. The van der Waals surface area contributed by atoms with Crippen LogP contribution in [0.2, 0.25) is 0 Å². The molecule has 3 nitrogen and oxygen atoms in total. The van der Waals surface area contributed by atoms with Gasteiger partial charge >= 0.3 is 0 Å². The minimum absolute atomic E-state index is 0.179. The Hall–Kier alpha value is -2.23. The summed E-state index contributed by atoms with van der Waals surface area (Å²) in [6.07, 6.45) is 0. The number of aromatic hydroxyl groups is 1. The summed E-state index contributed by atoms with van der Waals surface area (Å²) in [5.74, 6) is 0.427. The number of methoxy groups -OCH3 is 1. The molecule has 0 aromatic heterocycles. The van der Waals surface area contributed by atoms with Crippen LogP contribution in [0.25, 0.3) is 0 Å². The van der Waals surface area contributed by atoms with Gasteiger partial charge in [0.25, 0.3) is 0 Å². The van der Waals surface area contributed by atoms with Crippen LogP contribution in [0.1, 0.15) is 5.56 Å². The number of halogens is 1. The van der Waals surface area contributed by atoms with Crippen LogP contribution in [-0.2, 0) is 0 Å². The first-order valence-corrected chi connectivity index (χ1v) is 5.41. The van der Waals surface area contributed by atoms with Crippen LogP contribution in [-0.4, -0.2) is 12.2 Å². The van der Waals surface area contributed by atoms with Gasteiger partial charge in [0.05, 0.1) is 7.11 Å². The minimum Gasteiger partial charge on any atom is -0.504 e. The van der Waals surface area contributed by atoms with Crippen molar-refractivity contribution in [1.82, 2.24) is 0 Å². The normalized spacial score (nSPS) is 10.2. The van der Waals surface area contributed by atoms with E-state index >= 15 is 0 Å². The van der Waals surface area contributed by atoms with Gasteiger partial charge in [0.15, 0.2) is 23.0 Å². The van der Waals surface area contributed by atoms with Crippen LogP contribution in [0.15, 0.2) is 36.4 Å². The maximum Gasteiger partial charge on any atom is 0.169 e. The van der Waals surface area contributed by atoms with E-state index < -0.39 is 5.82 Å². The van der Waals surface area contributed by atoms with Gasteiger partial charge in [-0.1, -0.05) is 6.07 Å². The fourth-order valence-electron chi connectivity index (χ4n) is 1.55. The zero-order chi connectivity index (χ0) is 13.1. The smallest absolute Gasteiger partial charge is 0.169 e. The van der Waals surface area contributed by atoms with Gasteiger partial charge < -0.3 is 14.6 Å². The van der Waals surface area contributed by atoms with E-state index in [0.29, 0.717) is 11.5 Å². The SMILES string of the molecule is COc1cc(C)ccc1Oc1ccc(F)cc1O. The summed E-state index contributed by atoms with van der Waals surface area (Å²) >= 11 is 0. The number of benzene rings is 2. The zero-order valence-electron chi connectivity index (χ0n) is 10.1. The molecule has 0 heterocycles. The standard InChI is InChI=1S/C14H13FO3/c1-9-3-5-13(14(7-9)17-2)18-12-6-4-10(15)8-11(12)16/h3-8,16H,1-2H3. The van der Waals surface area contributed by atoms with Crippen molar-refractivity contribution in [1.29, 1.82) is 0 Å². The Morgan fingerprint density at radius 1 is 1.00 bits per heavy atom. The third kappa shape index (κ3) is 2.53. The molecule has 2 aromatic rings. The summed E-state index contributed by atoms with van der Waals surface area (Å²) in [4.78, 5) is 0. The Labute approximate surface area is 104 Å². The second-order valence-corrected chi connectivity index (χ2v) is 3.87. The van der Waals surface area contributed by atoms with Crippen molar-refractivity contribution in [3.63, 3.8) is 0 Å². The molecule has 0 amide bonds. The Morgan fingerprint density at radius 2 is 1.72 bits per heavy atom. The van der Waals surface area contributed by atoms with Crippen molar-refractivity contribution in [2.75, 3.05) is 7.11 Å². The minimum atomic E-state index is -0.518. The van der Waals surface area contributed by atoms with Crippen LogP contribution in [0.4, 0.5) is 4.39 Å². The van der Waals surface area contributed by atoms with Gasteiger partial charge in [0.2, 0.25) is 0 Å². The first kappa shape index (κ1) is 12.2. The molecule has 1 N–H and O–H groups in total. The Bertz CT molecular complexity index is 567. The molecule has 2 aromatic carbocycles.